The Morgan fingerprint density at radius 3 is 2.47 bits per heavy atom. The smallest absolute Gasteiger partial charge is 0.254 e. The minimum Gasteiger partial charge on any atom is -0.464 e. The van der Waals surface area contributed by atoms with Crippen molar-refractivity contribution in [3.8, 4) is 0 Å². The maximum atomic E-state index is 13.1. The summed E-state index contributed by atoms with van der Waals surface area (Å²) in [6, 6.07) is 18.8. The number of rotatable bonds is 5. The number of hydrogen-bond acceptors (Lipinski definition) is 4. The van der Waals surface area contributed by atoms with E-state index in [0.717, 1.165) is 30.9 Å². The summed E-state index contributed by atoms with van der Waals surface area (Å²) in [5.74, 6) is 1.86. The third-order valence-corrected chi connectivity index (χ3v) is 6.51. The average molecular weight is 429 g/mol. The van der Waals surface area contributed by atoms with E-state index in [1.807, 2.05) is 23.1 Å². The van der Waals surface area contributed by atoms with Crippen molar-refractivity contribution in [3.05, 3.63) is 94.4 Å². The summed E-state index contributed by atoms with van der Waals surface area (Å²) in [7, 11) is 0. The molecule has 1 fully saturated rings. The molecule has 164 valence electrons. The number of furan rings is 1. The molecule has 1 N–H and O–H groups in total. The zero-order chi connectivity index (χ0) is 21.9. The van der Waals surface area contributed by atoms with Crippen LogP contribution in [0.15, 0.2) is 65.1 Å². The summed E-state index contributed by atoms with van der Waals surface area (Å²) in [6.07, 6.45) is 5.45. The Morgan fingerprint density at radius 2 is 1.72 bits per heavy atom. The van der Waals surface area contributed by atoms with Crippen LogP contribution in [0.4, 0.5) is 0 Å². The Bertz CT molecular complexity index is 1100. The van der Waals surface area contributed by atoms with Gasteiger partial charge in [0.2, 0.25) is 0 Å². The maximum Gasteiger partial charge on any atom is 0.254 e. The molecule has 0 aliphatic carbocycles. The number of benzene rings is 2. The van der Waals surface area contributed by atoms with Crippen LogP contribution in [-0.4, -0.2) is 35.7 Å². The number of nitrogens with one attached hydrogen (secondary N) is 1. The lowest BCUT2D eigenvalue weighted by Crippen LogP contribution is -2.35. The quantitative estimate of drug-likeness (QED) is 0.612. The third kappa shape index (κ3) is 4.39. The molecule has 2 aliphatic rings. The molecule has 1 aromatic heterocycles. The van der Waals surface area contributed by atoms with Gasteiger partial charge in [0.1, 0.15) is 11.5 Å². The molecule has 5 rings (SSSR count). The predicted octanol–water partition coefficient (Wildman–Crippen LogP) is 4.39. The minimum absolute atomic E-state index is 0.0266. The highest BCUT2D eigenvalue weighted by Gasteiger charge is 2.26. The second-order valence-electron chi connectivity index (χ2n) is 8.76. The first-order chi connectivity index (χ1) is 15.7. The fourth-order valence-corrected chi connectivity index (χ4v) is 4.70. The molecular weight excluding hydrogens is 400 g/mol. The molecule has 1 unspecified atom stereocenters. The lowest BCUT2D eigenvalue weighted by atomic mass is 10.00. The predicted molar refractivity (Wildman–Crippen MR) is 123 cm³/mol. The highest BCUT2D eigenvalue weighted by Crippen LogP contribution is 2.26. The molecule has 32 heavy (non-hydrogen) atoms. The van der Waals surface area contributed by atoms with Crippen molar-refractivity contribution >= 4 is 11.7 Å². The second kappa shape index (κ2) is 9.13. The molecule has 5 nitrogen and oxygen atoms in total. The summed E-state index contributed by atoms with van der Waals surface area (Å²) in [6.45, 7) is 2.26. The molecule has 0 radical (unpaired) electrons. The van der Waals surface area contributed by atoms with Crippen molar-refractivity contribution in [2.45, 2.75) is 44.7 Å². The lowest BCUT2D eigenvalue weighted by Gasteiger charge is -2.26. The van der Waals surface area contributed by atoms with E-state index in [0.29, 0.717) is 35.8 Å². The summed E-state index contributed by atoms with van der Waals surface area (Å²) in [5.41, 5.74) is 3.05. The fraction of sp³-hybridized carbons (Fsp3) is 0.333. The zero-order valence-corrected chi connectivity index (χ0v) is 18.2. The highest BCUT2D eigenvalue weighted by molar-refractivity contribution is 6.09. The van der Waals surface area contributed by atoms with Crippen LogP contribution in [0.5, 0.6) is 0 Å². The normalized spacial score (nSPS) is 18.2. The van der Waals surface area contributed by atoms with Crippen LogP contribution in [0.2, 0.25) is 0 Å². The first kappa shape index (κ1) is 20.7. The van der Waals surface area contributed by atoms with E-state index in [4.69, 9.17) is 4.42 Å². The van der Waals surface area contributed by atoms with Gasteiger partial charge in [0.25, 0.3) is 5.91 Å². The lowest BCUT2D eigenvalue weighted by molar-refractivity contribution is 0.0718. The third-order valence-electron chi connectivity index (χ3n) is 6.51. The van der Waals surface area contributed by atoms with E-state index in [1.54, 1.807) is 36.4 Å². The van der Waals surface area contributed by atoms with Crippen molar-refractivity contribution < 1.29 is 14.0 Å². The molecule has 0 spiro atoms. The van der Waals surface area contributed by atoms with Gasteiger partial charge < -0.3 is 14.6 Å². The van der Waals surface area contributed by atoms with Gasteiger partial charge in [-0.05, 0) is 49.6 Å². The summed E-state index contributed by atoms with van der Waals surface area (Å²) in [4.78, 5) is 27.5. The Labute approximate surface area is 188 Å². The molecule has 5 heteroatoms. The number of piperidine rings is 1. The summed E-state index contributed by atoms with van der Waals surface area (Å²) >= 11 is 0. The van der Waals surface area contributed by atoms with Gasteiger partial charge in [-0.15, -0.1) is 0 Å². The maximum absolute atomic E-state index is 13.1. The first-order valence-corrected chi connectivity index (χ1v) is 11.5. The molecule has 2 aromatic carbocycles. The Balaban J connectivity index is 1.24. The largest absolute Gasteiger partial charge is 0.464 e. The number of fused-ring (bicyclic) bond motifs is 1. The molecular formula is C27H28N2O3. The van der Waals surface area contributed by atoms with Crippen LogP contribution >= 0.6 is 0 Å². The zero-order valence-electron chi connectivity index (χ0n) is 18.2. The Morgan fingerprint density at radius 1 is 0.969 bits per heavy atom. The van der Waals surface area contributed by atoms with E-state index in [-0.39, 0.29) is 11.7 Å². The van der Waals surface area contributed by atoms with Gasteiger partial charge in [-0.25, -0.2) is 0 Å². The van der Waals surface area contributed by atoms with Crippen molar-refractivity contribution in [3.63, 3.8) is 0 Å². The van der Waals surface area contributed by atoms with Gasteiger partial charge in [-0.1, -0.05) is 48.9 Å². The topological polar surface area (TPSA) is 62.6 Å². The molecule has 1 atom stereocenters. The number of carbonyl (C=O) groups is 2. The molecule has 3 aromatic rings. The van der Waals surface area contributed by atoms with Crippen LogP contribution in [0.1, 0.15) is 62.6 Å². The Hall–Kier alpha value is -3.18. The minimum atomic E-state index is -0.0391. The van der Waals surface area contributed by atoms with Crippen molar-refractivity contribution in [1.29, 1.82) is 0 Å². The van der Waals surface area contributed by atoms with Crippen LogP contribution in [-0.2, 0) is 19.4 Å². The van der Waals surface area contributed by atoms with Crippen LogP contribution < -0.4 is 5.32 Å². The average Bonchev–Trinajstić information content (AvgIpc) is 3.26. The monoisotopic (exact) mass is 428 g/mol. The van der Waals surface area contributed by atoms with E-state index < -0.39 is 0 Å². The first-order valence-electron chi connectivity index (χ1n) is 11.5. The molecule has 2 aliphatic heterocycles. The number of carbonyl (C=O) groups excluding carboxylic acids is 2. The Kier molecular flexibility index (Phi) is 5.91. The van der Waals surface area contributed by atoms with Gasteiger partial charge in [-0.3, -0.25) is 9.59 Å². The highest BCUT2D eigenvalue weighted by atomic mass is 16.3. The van der Waals surface area contributed by atoms with Gasteiger partial charge in [-0.2, -0.15) is 0 Å². The van der Waals surface area contributed by atoms with Gasteiger partial charge >= 0.3 is 0 Å². The van der Waals surface area contributed by atoms with Crippen molar-refractivity contribution in [2.24, 2.45) is 0 Å². The molecule has 1 amide bonds. The standard InChI is InChI=1S/C27H28N2O3/c30-26(19-6-2-1-3-7-19)20-9-11-21(12-10-20)27(31)29-15-13-22-16-24(32-25(22)18-29)17-23-8-4-5-14-28-23/h1-3,6-7,9-12,16,23,28H,4-5,8,13-15,17-18H2. The number of hydrogen-bond donors (Lipinski definition) is 1. The van der Waals surface area contributed by atoms with Crippen LogP contribution in [0.3, 0.4) is 0 Å². The fourth-order valence-electron chi connectivity index (χ4n) is 4.70. The number of amides is 1. The van der Waals surface area contributed by atoms with Gasteiger partial charge in [0.05, 0.1) is 6.54 Å². The second-order valence-corrected chi connectivity index (χ2v) is 8.76. The number of ketones is 1. The van der Waals surface area contributed by atoms with Gasteiger partial charge in [0, 0.05) is 35.7 Å². The molecule has 3 heterocycles. The van der Waals surface area contributed by atoms with Gasteiger partial charge in [0.15, 0.2) is 5.78 Å². The number of nitrogens with zero attached hydrogens (tertiary/aromatic N) is 1. The molecule has 1 saturated heterocycles. The summed E-state index contributed by atoms with van der Waals surface area (Å²) in [5, 5.41) is 3.57. The van der Waals surface area contributed by atoms with E-state index in [1.165, 1.54) is 24.8 Å². The molecule has 0 saturated carbocycles. The van der Waals surface area contributed by atoms with Crippen molar-refractivity contribution in [2.75, 3.05) is 13.1 Å². The van der Waals surface area contributed by atoms with Crippen LogP contribution in [0, 0.1) is 0 Å². The van der Waals surface area contributed by atoms with E-state index in [9.17, 15) is 9.59 Å². The molecule has 0 bridgehead atoms. The SMILES string of the molecule is O=C(c1ccccc1)c1ccc(C(=O)N2CCc3cc(CC4CCCCN4)oc3C2)cc1. The van der Waals surface area contributed by atoms with E-state index in [2.05, 4.69) is 11.4 Å². The van der Waals surface area contributed by atoms with Crippen molar-refractivity contribution in [1.82, 2.24) is 10.2 Å². The van der Waals surface area contributed by atoms with E-state index >= 15 is 0 Å². The summed E-state index contributed by atoms with van der Waals surface area (Å²) < 4.78 is 6.15. The van der Waals surface area contributed by atoms with Crippen LogP contribution in [0.25, 0.3) is 0 Å².